The van der Waals surface area contributed by atoms with Gasteiger partial charge in [-0.05, 0) is 48.5 Å². The van der Waals surface area contributed by atoms with Crippen molar-refractivity contribution < 1.29 is 9.59 Å². The monoisotopic (exact) mass is 389 g/mol. The molecule has 4 rings (SSSR count). The van der Waals surface area contributed by atoms with Gasteiger partial charge in [0.2, 0.25) is 5.91 Å². The van der Waals surface area contributed by atoms with Crippen molar-refractivity contribution >= 4 is 40.3 Å². The number of nitrogens with one attached hydrogen (secondary N) is 2. The van der Waals surface area contributed by atoms with Crippen LogP contribution in [0.5, 0.6) is 0 Å². The van der Waals surface area contributed by atoms with E-state index in [0.717, 1.165) is 21.1 Å². The summed E-state index contributed by atoms with van der Waals surface area (Å²) in [6, 6.07) is 18.2. The molecule has 2 amide bonds. The lowest BCUT2D eigenvalue weighted by Gasteiger charge is -2.06. The van der Waals surface area contributed by atoms with E-state index in [1.165, 1.54) is 30.1 Å². The molecular formula is C20H15N5O2S. The number of nitrogens with two attached hydrogens (primary N) is 1. The van der Waals surface area contributed by atoms with Crippen LogP contribution in [0.3, 0.4) is 0 Å². The first-order valence-corrected chi connectivity index (χ1v) is 9.20. The first kappa shape index (κ1) is 17.7. The van der Waals surface area contributed by atoms with Crippen LogP contribution in [0.15, 0.2) is 76.9 Å². The summed E-state index contributed by atoms with van der Waals surface area (Å²) in [5.41, 5.74) is 8.17. The molecule has 0 aliphatic heterocycles. The molecule has 2 heterocycles. The number of amides is 2. The van der Waals surface area contributed by atoms with Gasteiger partial charge in [0, 0.05) is 16.8 Å². The average molecular weight is 389 g/mol. The molecule has 0 unspecified atom stereocenters. The number of primary amides is 1. The lowest BCUT2D eigenvalue weighted by molar-refractivity contribution is 0.0993. The highest BCUT2D eigenvalue weighted by Crippen LogP contribution is 2.28. The highest BCUT2D eigenvalue weighted by atomic mass is 32.2. The third-order valence-electron chi connectivity index (χ3n) is 3.97. The van der Waals surface area contributed by atoms with E-state index < -0.39 is 5.91 Å². The number of hydrogen-bond donors (Lipinski definition) is 3. The Morgan fingerprint density at radius 2 is 1.79 bits per heavy atom. The van der Waals surface area contributed by atoms with Gasteiger partial charge in [0.1, 0.15) is 5.69 Å². The first-order chi connectivity index (χ1) is 13.6. The second kappa shape index (κ2) is 7.53. The van der Waals surface area contributed by atoms with Gasteiger partial charge in [0.25, 0.3) is 5.91 Å². The molecule has 0 saturated carbocycles. The Morgan fingerprint density at radius 3 is 2.46 bits per heavy atom. The van der Waals surface area contributed by atoms with Crippen molar-refractivity contribution in [1.29, 1.82) is 0 Å². The fourth-order valence-electron chi connectivity index (χ4n) is 2.56. The molecule has 0 bridgehead atoms. The van der Waals surface area contributed by atoms with E-state index in [9.17, 15) is 9.59 Å². The molecule has 2 aromatic carbocycles. The van der Waals surface area contributed by atoms with Crippen molar-refractivity contribution in [1.82, 2.24) is 15.0 Å². The van der Waals surface area contributed by atoms with Crippen molar-refractivity contribution in [2.75, 3.05) is 5.32 Å². The summed E-state index contributed by atoms with van der Waals surface area (Å²) in [7, 11) is 0. The molecule has 28 heavy (non-hydrogen) atoms. The largest absolute Gasteiger partial charge is 0.366 e. The zero-order valence-electron chi connectivity index (χ0n) is 14.5. The van der Waals surface area contributed by atoms with Gasteiger partial charge in [0.15, 0.2) is 5.16 Å². The Balaban J connectivity index is 1.42. The summed E-state index contributed by atoms with van der Waals surface area (Å²) in [6.07, 6.45) is 1.28. The van der Waals surface area contributed by atoms with Crippen LogP contribution in [-0.2, 0) is 0 Å². The van der Waals surface area contributed by atoms with E-state index in [2.05, 4.69) is 20.3 Å². The van der Waals surface area contributed by atoms with Gasteiger partial charge in [0.05, 0.1) is 16.6 Å². The highest BCUT2D eigenvalue weighted by molar-refractivity contribution is 7.99. The fourth-order valence-corrected chi connectivity index (χ4v) is 3.37. The standard InChI is InChI=1S/C20H15N5O2S/c21-18(26)12-5-10-17(22-11-12)19(27)23-13-6-8-14(9-7-13)28-20-24-15-3-1-2-4-16(15)25-20/h1-11H,(H2,21,26)(H,23,27)(H,24,25). The molecule has 0 atom stereocenters. The minimum atomic E-state index is -0.586. The smallest absolute Gasteiger partial charge is 0.274 e. The molecule has 0 saturated heterocycles. The number of benzene rings is 2. The van der Waals surface area contributed by atoms with Crippen LogP contribution >= 0.6 is 11.8 Å². The molecule has 2 aromatic heterocycles. The van der Waals surface area contributed by atoms with E-state index in [1.807, 2.05) is 36.4 Å². The van der Waals surface area contributed by atoms with Crippen LogP contribution in [0.1, 0.15) is 20.8 Å². The van der Waals surface area contributed by atoms with E-state index >= 15 is 0 Å². The lowest BCUT2D eigenvalue weighted by Crippen LogP contribution is -2.15. The maximum absolute atomic E-state index is 12.3. The van der Waals surface area contributed by atoms with Crippen molar-refractivity contribution in [2.45, 2.75) is 10.1 Å². The summed E-state index contributed by atoms with van der Waals surface area (Å²) in [5, 5.41) is 3.57. The minimum absolute atomic E-state index is 0.200. The van der Waals surface area contributed by atoms with Crippen molar-refractivity contribution in [3.05, 3.63) is 78.1 Å². The second-order valence-corrected chi connectivity index (χ2v) is 7.00. The number of anilines is 1. The van der Waals surface area contributed by atoms with Crippen LogP contribution in [-0.4, -0.2) is 26.8 Å². The Bertz CT molecular complexity index is 1120. The highest BCUT2D eigenvalue weighted by Gasteiger charge is 2.10. The van der Waals surface area contributed by atoms with Gasteiger partial charge < -0.3 is 16.0 Å². The van der Waals surface area contributed by atoms with Crippen LogP contribution in [0, 0.1) is 0 Å². The zero-order valence-corrected chi connectivity index (χ0v) is 15.4. The van der Waals surface area contributed by atoms with Gasteiger partial charge in [-0.15, -0.1) is 0 Å². The number of carbonyl (C=O) groups is 2. The molecule has 8 heteroatoms. The number of carbonyl (C=O) groups excluding carboxylic acids is 2. The number of para-hydroxylation sites is 2. The van der Waals surface area contributed by atoms with E-state index in [1.54, 1.807) is 12.1 Å². The van der Waals surface area contributed by atoms with Gasteiger partial charge >= 0.3 is 0 Å². The van der Waals surface area contributed by atoms with Gasteiger partial charge in [-0.3, -0.25) is 14.6 Å². The summed E-state index contributed by atoms with van der Waals surface area (Å²) in [4.78, 5) is 36.1. The van der Waals surface area contributed by atoms with Gasteiger partial charge in [-0.1, -0.05) is 23.9 Å². The SMILES string of the molecule is NC(=O)c1ccc(C(=O)Nc2ccc(Sc3nc4ccccc4[nH]3)cc2)nc1. The third kappa shape index (κ3) is 3.86. The third-order valence-corrected chi connectivity index (χ3v) is 4.87. The normalized spacial score (nSPS) is 10.7. The predicted molar refractivity (Wildman–Crippen MR) is 107 cm³/mol. The maximum atomic E-state index is 12.3. The first-order valence-electron chi connectivity index (χ1n) is 8.38. The van der Waals surface area contributed by atoms with E-state index in [4.69, 9.17) is 5.73 Å². The average Bonchev–Trinajstić information content (AvgIpc) is 3.12. The molecule has 4 aromatic rings. The Labute approximate surface area is 164 Å². The minimum Gasteiger partial charge on any atom is -0.366 e. The summed E-state index contributed by atoms with van der Waals surface area (Å²) >= 11 is 1.51. The Kier molecular flexibility index (Phi) is 4.77. The number of aromatic nitrogens is 3. The number of hydrogen-bond acceptors (Lipinski definition) is 5. The number of H-pyrrole nitrogens is 1. The summed E-state index contributed by atoms with van der Waals surface area (Å²) in [6.45, 7) is 0. The maximum Gasteiger partial charge on any atom is 0.274 e. The summed E-state index contributed by atoms with van der Waals surface area (Å²) in [5.74, 6) is -0.953. The van der Waals surface area contributed by atoms with Crippen molar-refractivity contribution in [3.8, 4) is 0 Å². The molecule has 138 valence electrons. The number of rotatable bonds is 5. The van der Waals surface area contributed by atoms with Crippen LogP contribution in [0.4, 0.5) is 5.69 Å². The molecule has 0 aliphatic carbocycles. The van der Waals surface area contributed by atoms with Crippen LogP contribution in [0.25, 0.3) is 11.0 Å². The quantitative estimate of drug-likeness (QED) is 0.484. The molecule has 0 fully saturated rings. The number of imidazole rings is 1. The van der Waals surface area contributed by atoms with E-state index in [-0.39, 0.29) is 17.2 Å². The number of aromatic amines is 1. The predicted octanol–water partition coefficient (Wildman–Crippen LogP) is 3.46. The molecule has 4 N–H and O–H groups in total. The van der Waals surface area contributed by atoms with E-state index in [0.29, 0.717) is 5.69 Å². The lowest BCUT2D eigenvalue weighted by atomic mass is 10.2. The molecular weight excluding hydrogens is 374 g/mol. The Morgan fingerprint density at radius 1 is 1.00 bits per heavy atom. The Hall–Kier alpha value is -3.65. The molecule has 0 spiro atoms. The van der Waals surface area contributed by atoms with Crippen LogP contribution < -0.4 is 11.1 Å². The number of nitrogens with zero attached hydrogens (tertiary/aromatic N) is 2. The van der Waals surface area contributed by atoms with Crippen molar-refractivity contribution in [2.24, 2.45) is 5.73 Å². The number of fused-ring (bicyclic) bond motifs is 1. The van der Waals surface area contributed by atoms with Crippen LogP contribution in [0.2, 0.25) is 0 Å². The van der Waals surface area contributed by atoms with Gasteiger partial charge in [-0.2, -0.15) is 0 Å². The fraction of sp³-hybridized carbons (Fsp3) is 0. The number of pyridine rings is 1. The van der Waals surface area contributed by atoms with Crippen molar-refractivity contribution in [3.63, 3.8) is 0 Å². The zero-order chi connectivity index (χ0) is 19.5. The molecule has 0 aliphatic rings. The molecule has 7 nitrogen and oxygen atoms in total. The topological polar surface area (TPSA) is 114 Å². The molecule has 0 radical (unpaired) electrons. The second-order valence-electron chi connectivity index (χ2n) is 5.94. The van der Waals surface area contributed by atoms with Gasteiger partial charge in [-0.25, -0.2) is 4.98 Å². The summed E-state index contributed by atoms with van der Waals surface area (Å²) < 4.78 is 0.